The molecular weight excluding hydrogens is 379 g/mol. The maximum absolute atomic E-state index is 13.8. The van der Waals surface area contributed by atoms with Crippen LogP contribution in [0.2, 0.25) is 0 Å². The van der Waals surface area contributed by atoms with Gasteiger partial charge in [0, 0.05) is 32.2 Å². The summed E-state index contributed by atoms with van der Waals surface area (Å²) in [6.07, 6.45) is 0. The summed E-state index contributed by atoms with van der Waals surface area (Å²) in [5.74, 6) is -0.531. The van der Waals surface area contributed by atoms with Crippen molar-refractivity contribution < 1.29 is 14.1 Å². The molecule has 3 heterocycles. The van der Waals surface area contributed by atoms with Crippen LogP contribution in [0.5, 0.6) is 0 Å². The number of amides is 1. The maximum Gasteiger partial charge on any atom is 0.324 e. The minimum Gasteiger partial charge on any atom is -0.345 e. The van der Waals surface area contributed by atoms with E-state index in [0.717, 1.165) is 21.2 Å². The molecule has 1 aliphatic heterocycles. The van der Waals surface area contributed by atoms with Crippen molar-refractivity contribution in [2.24, 2.45) is 0 Å². The van der Waals surface area contributed by atoms with Crippen LogP contribution >= 0.6 is 22.7 Å². The van der Waals surface area contributed by atoms with E-state index in [4.69, 9.17) is 0 Å². The van der Waals surface area contributed by atoms with E-state index in [9.17, 15) is 19.3 Å². The van der Waals surface area contributed by atoms with Gasteiger partial charge in [-0.2, -0.15) is 0 Å². The largest absolute Gasteiger partial charge is 0.345 e. The molecule has 0 radical (unpaired) electrons. The zero-order valence-corrected chi connectivity index (χ0v) is 15.1. The topological polar surface area (TPSA) is 79.6 Å². The lowest BCUT2D eigenvalue weighted by molar-refractivity contribution is -0.380. The summed E-state index contributed by atoms with van der Waals surface area (Å²) in [5, 5.41) is 11.5. The molecule has 0 spiro atoms. The number of carbonyl (C=O) groups excluding carboxylic acids is 1. The Morgan fingerprint density at radius 3 is 2.58 bits per heavy atom. The Balaban J connectivity index is 1.45. The SMILES string of the molecule is O=C(c1ccc([N+](=O)[O-])s1)N1CCN(c2nc3c(F)cccc3s2)CC1. The number of rotatable bonds is 3. The molecular formula is C16H13FN4O3S2. The molecule has 0 saturated carbocycles. The highest BCUT2D eigenvalue weighted by molar-refractivity contribution is 7.22. The number of halogens is 1. The van der Waals surface area contributed by atoms with Gasteiger partial charge < -0.3 is 9.80 Å². The van der Waals surface area contributed by atoms with Gasteiger partial charge in [0.05, 0.1) is 14.5 Å². The van der Waals surface area contributed by atoms with Gasteiger partial charge in [0.2, 0.25) is 0 Å². The minimum atomic E-state index is -0.494. The maximum atomic E-state index is 13.8. The number of nitro groups is 1. The van der Waals surface area contributed by atoms with Gasteiger partial charge >= 0.3 is 5.00 Å². The summed E-state index contributed by atoms with van der Waals surface area (Å²) < 4.78 is 14.6. The van der Waals surface area contributed by atoms with Gasteiger partial charge in [-0.3, -0.25) is 14.9 Å². The highest BCUT2D eigenvalue weighted by atomic mass is 32.1. The Morgan fingerprint density at radius 1 is 1.15 bits per heavy atom. The molecule has 1 aliphatic rings. The molecule has 7 nitrogen and oxygen atoms in total. The number of benzene rings is 1. The molecule has 3 aromatic rings. The summed E-state index contributed by atoms with van der Waals surface area (Å²) in [5.41, 5.74) is 0.372. The Morgan fingerprint density at radius 2 is 1.92 bits per heavy atom. The first-order valence-electron chi connectivity index (χ1n) is 7.86. The van der Waals surface area contributed by atoms with Gasteiger partial charge in [-0.05, 0) is 18.2 Å². The van der Waals surface area contributed by atoms with Gasteiger partial charge in [-0.15, -0.1) is 0 Å². The van der Waals surface area contributed by atoms with Crippen molar-refractivity contribution in [2.75, 3.05) is 31.1 Å². The van der Waals surface area contributed by atoms with E-state index in [2.05, 4.69) is 4.98 Å². The van der Waals surface area contributed by atoms with Crippen LogP contribution in [0.1, 0.15) is 9.67 Å². The number of thiazole rings is 1. The number of aromatic nitrogens is 1. The zero-order chi connectivity index (χ0) is 18.3. The monoisotopic (exact) mass is 392 g/mol. The molecule has 26 heavy (non-hydrogen) atoms. The molecule has 0 atom stereocenters. The highest BCUT2D eigenvalue weighted by Gasteiger charge is 2.26. The predicted molar refractivity (Wildman–Crippen MR) is 98.7 cm³/mol. The summed E-state index contributed by atoms with van der Waals surface area (Å²) >= 11 is 2.32. The van der Waals surface area contributed by atoms with E-state index >= 15 is 0 Å². The number of hydrogen-bond donors (Lipinski definition) is 0. The molecule has 1 saturated heterocycles. The highest BCUT2D eigenvalue weighted by Crippen LogP contribution is 2.31. The summed E-state index contributed by atoms with van der Waals surface area (Å²) in [6, 6.07) is 7.74. The van der Waals surface area contributed by atoms with Gasteiger partial charge in [0.25, 0.3) is 5.91 Å². The van der Waals surface area contributed by atoms with Crippen LogP contribution in [0, 0.1) is 15.9 Å². The average molecular weight is 392 g/mol. The van der Waals surface area contributed by atoms with Crippen LogP contribution in [-0.4, -0.2) is 46.9 Å². The van der Waals surface area contributed by atoms with E-state index in [1.807, 2.05) is 11.0 Å². The fraction of sp³-hybridized carbons (Fsp3) is 0.250. The van der Waals surface area contributed by atoms with E-state index < -0.39 is 4.92 Å². The molecule has 1 aromatic carbocycles. The lowest BCUT2D eigenvalue weighted by Gasteiger charge is -2.34. The molecule has 4 rings (SSSR count). The van der Waals surface area contributed by atoms with Gasteiger partial charge in [0.15, 0.2) is 5.13 Å². The lowest BCUT2D eigenvalue weighted by Crippen LogP contribution is -2.48. The number of para-hydroxylation sites is 1. The predicted octanol–water partition coefficient (Wildman–Crippen LogP) is 3.37. The zero-order valence-electron chi connectivity index (χ0n) is 13.4. The molecule has 10 heteroatoms. The molecule has 0 aliphatic carbocycles. The second-order valence-electron chi connectivity index (χ2n) is 5.76. The number of piperazine rings is 1. The molecule has 0 bridgehead atoms. The molecule has 1 amide bonds. The van der Waals surface area contributed by atoms with Gasteiger partial charge in [0.1, 0.15) is 11.3 Å². The van der Waals surface area contributed by atoms with Gasteiger partial charge in [-0.25, -0.2) is 9.37 Å². The van der Waals surface area contributed by atoms with Crippen molar-refractivity contribution in [3.05, 3.63) is 51.1 Å². The van der Waals surface area contributed by atoms with Crippen LogP contribution in [-0.2, 0) is 0 Å². The van der Waals surface area contributed by atoms with Crippen molar-refractivity contribution in [3.8, 4) is 0 Å². The first kappa shape index (κ1) is 16.9. The lowest BCUT2D eigenvalue weighted by atomic mass is 10.3. The number of fused-ring (bicyclic) bond motifs is 1. The van der Waals surface area contributed by atoms with E-state index in [1.54, 1.807) is 11.0 Å². The van der Waals surface area contributed by atoms with Crippen molar-refractivity contribution >= 4 is 48.9 Å². The van der Waals surface area contributed by atoms with Gasteiger partial charge in [-0.1, -0.05) is 28.7 Å². The van der Waals surface area contributed by atoms with E-state index in [1.165, 1.54) is 29.5 Å². The third-order valence-corrected chi connectivity index (χ3v) is 6.28. The van der Waals surface area contributed by atoms with Crippen molar-refractivity contribution in [2.45, 2.75) is 0 Å². The van der Waals surface area contributed by atoms with Crippen molar-refractivity contribution in [1.29, 1.82) is 0 Å². The third-order valence-electron chi connectivity index (χ3n) is 4.18. The molecule has 1 fully saturated rings. The smallest absolute Gasteiger partial charge is 0.324 e. The number of hydrogen-bond acceptors (Lipinski definition) is 7. The molecule has 0 N–H and O–H groups in total. The minimum absolute atomic E-state index is 0.0384. The first-order chi connectivity index (χ1) is 12.5. The van der Waals surface area contributed by atoms with Crippen LogP contribution in [0.25, 0.3) is 10.2 Å². The number of anilines is 1. The third kappa shape index (κ3) is 3.01. The number of nitrogens with zero attached hydrogens (tertiary/aromatic N) is 4. The summed E-state index contributed by atoms with van der Waals surface area (Å²) in [7, 11) is 0. The Bertz CT molecular complexity index is 994. The Kier molecular flexibility index (Phi) is 4.29. The first-order valence-corrected chi connectivity index (χ1v) is 9.50. The van der Waals surface area contributed by atoms with Crippen LogP contribution in [0.3, 0.4) is 0 Å². The second-order valence-corrected chi connectivity index (χ2v) is 7.83. The standard InChI is InChI=1S/C16H13FN4O3S2/c17-10-2-1-3-11-14(10)18-16(26-11)20-8-6-19(7-9-20)15(22)12-4-5-13(25-12)21(23)24/h1-5H,6-9H2. The number of thiophene rings is 1. The van der Waals surface area contributed by atoms with E-state index in [-0.39, 0.29) is 16.7 Å². The van der Waals surface area contributed by atoms with E-state index in [0.29, 0.717) is 36.6 Å². The molecule has 2 aromatic heterocycles. The fourth-order valence-corrected chi connectivity index (χ4v) is 4.66. The quantitative estimate of drug-likeness (QED) is 0.504. The molecule has 0 unspecified atom stereocenters. The summed E-state index contributed by atoms with van der Waals surface area (Å²) in [4.78, 5) is 31.2. The van der Waals surface area contributed by atoms with Crippen LogP contribution in [0.15, 0.2) is 30.3 Å². The van der Waals surface area contributed by atoms with Crippen molar-refractivity contribution in [1.82, 2.24) is 9.88 Å². The number of carbonyl (C=O) groups is 1. The van der Waals surface area contributed by atoms with Crippen LogP contribution < -0.4 is 4.90 Å². The Labute approximate surface area is 155 Å². The van der Waals surface area contributed by atoms with Crippen molar-refractivity contribution in [3.63, 3.8) is 0 Å². The average Bonchev–Trinajstić information content (AvgIpc) is 3.29. The molecule has 134 valence electrons. The summed E-state index contributed by atoms with van der Waals surface area (Å²) in [6.45, 7) is 2.15. The normalized spacial score (nSPS) is 14.8. The van der Waals surface area contributed by atoms with Crippen LogP contribution in [0.4, 0.5) is 14.5 Å². The Hall–Kier alpha value is -2.59. The second kappa shape index (κ2) is 6.61. The fourth-order valence-electron chi connectivity index (χ4n) is 2.84.